The molecule has 2 heterocycles. The first-order chi connectivity index (χ1) is 10.1. The molecule has 1 unspecified atom stereocenters. The van der Waals surface area contributed by atoms with Crippen molar-refractivity contribution >= 4 is 0 Å². The maximum absolute atomic E-state index is 4.60. The zero-order valence-corrected chi connectivity index (χ0v) is 13.8. The van der Waals surface area contributed by atoms with Crippen LogP contribution >= 0.6 is 0 Å². The third kappa shape index (κ3) is 3.50. The molecule has 0 spiro atoms. The van der Waals surface area contributed by atoms with Crippen LogP contribution in [0.1, 0.15) is 48.1 Å². The monoisotopic (exact) mass is 286 g/mol. The molecule has 0 aliphatic carbocycles. The maximum atomic E-state index is 4.60. The second kappa shape index (κ2) is 6.85. The molecule has 2 rings (SSSR count). The third-order valence-corrected chi connectivity index (χ3v) is 4.07. The molecule has 4 heteroatoms. The summed E-state index contributed by atoms with van der Waals surface area (Å²) in [5.41, 5.74) is 6.05. The van der Waals surface area contributed by atoms with Crippen LogP contribution in [-0.2, 0) is 19.9 Å². The van der Waals surface area contributed by atoms with Gasteiger partial charge in [0.2, 0.25) is 0 Å². The van der Waals surface area contributed by atoms with Gasteiger partial charge < -0.3 is 5.32 Å². The van der Waals surface area contributed by atoms with E-state index in [2.05, 4.69) is 55.2 Å². The molecule has 1 atom stereocenters. The summed E-state index contributed by atoms with van der Waals surface area (Å²) in [5.74, 6) is 0. The summed E-state index contributed by atoms with van der Waals surface area (Å²) in [6.45, 7) is 9.45. The fraction of sp³-hybridized carbons (Fsp3) is 0.529. The SMILES string of the molecule is CCNC(Cc1ccc(CC)cn1)c1c(C)nn(C)c1C. The fourth-order valence-corrected chi connectivity index (χ4v) is 2.81. The molecule has 114 valence electrons. The molecule has 0 bridgehead atoms. The molecule has 0 aromatic carbocycles. The molecule has 0 fully saturated rings. The van der Waals surface area contributed by atoms with E-state index in [1.54, 1.807) is 0 Å². The Morgan fingerprint density at radius 2 is 2.00 bits per heavy atom. The number of aryl methyl sites for hydroxylation is 3. The summed E-state index contributed by atoms with van der Waals surface area (Å²) in [7, 11) is 2.00. The van der Waals surface area contributed by atoms with Gasteiger partial charge in [0.15, 0.2) is 0 Å². The maximum Gasteiger partial charge on any atom is 0.0644 e. The topological polar surface area (TPSA) is 42.7 Å². The summed E-state index contributed by atoms with van der Waals surface area (Å²) in [5, 5.41) is 8.12. The molecule has 1 N–H and O–H groups in total. The van der Waals surface area contributed by atoms with Crippen LogP contribution < -0.4 is 5.32 Å². The summed E-state index contributed by atoms with van der Waals surface area (Å²) >= 11 is 0. The summed E-state index contributed by atoms with van der Waals surface area (Å²) in [6, 6.07) is 4.59. The van der Waals surface area contributed by atoms with Gasteiger partial charge in [0.05, 0.1) is 5.69 Å². The molecule has 2 aromatic rings. The summed E-state index contributed by atoms with van der Waals surface area (Å²) in [4.78, 5) is 4.60. The van der Waals surface area contributed by atoms with E-state index in [1.165, 1.54) is 16.8 Å². The molecule has 0 radical (unpaired) electrons. The average molecular weight is 286 g/mol. The van der Waals surface area contributed by atoms with E-state index in [4.69, 9.17) is 0 Å². The Labute approximate surface area is 127 Å². The Morgan fingerprint density at radius 1 is 1.24 bits per heavy atom. The van der Waals surface area contributed by atoms with Crippen molar-refractivity contribution < 1.29 is 0 Å². The van der Waals surface area contributed by atoms with E-state index in [1.807, 2.05) is 17.9 Å². The number of nitrogens with zero attached hydrogens (tertiary/aromatic N) is 3. The lowest BCUT2D eigenvalue weighted by Crippen LogP contribution is -2.24. The van der Waals surface area contributed by atoms with Crippen LogP contribution in [0.4, 0.5) is 0 Å². The first-order valence-corrected chi connectivity index (χ1v) is 7.74. The molecule has 21 heavy (non-hydrogen) atoms. The molecule has 0 amide bonds. The minimum atomic E-state index is 0.267. The van der Waals surface area contributed by atoms with Gasteiger partial charge in [0.1, 0.15) is 0 Å². The Hall–Kier alpha value is -1.68. The largest absolute Gasteiger partial charge is 0.310 e. The van der Waals surface area contributed by atoms with Crippen molar-refractivity contribution in [3.8, 4) is 0 Å². The normalized spacial score (nSPS) is 12.6. The van der Waals surface area contributed by atoms with Crippen LogP contribution in [0.2, 0.25) is 0 Å². The quantitative estimate of drug-likeness (QED) is 0.888. The molecular formula is C17H26N4. The van der Waals surface area contributed by atoms with Crippen LogP contribution in [0.15, 0.2) is 18.3 Å². The van der Waals surface area contributed by atoms with E-state index in [0.717, 1.165) is 30.8 Å². The van der Waals surface area contributed by atoms with Gasteiger partial charge >= 0.3 is 0 Å². The number of likely N-dealkylation sites (N-methyl/N-ethyl adjacent to an activating group) is 1. The highest BCUT2D eigenvalue weighted by Crippen LogP contribution is 2.24. The summed E-state index contributed by atoms with van der Waals surface area (Å²) < 4.78 is 1.96. The van der Waals surface area contributed by atoms with Gasteiger partial charge in [0, 0.05) is 42.7 Å². The molecule has 4 nitrogen and oxygen atoms in total. The van der Waals surface area contributed by atoms with Gasteiger partial charge in [-0.1, -0.05) is 19.9 Å². The van der Waals surface area contributed by atoms with E-state index < -0.39 is 0 Å². The van der Waals surface area contributed by atoms with Crippen LogP contribution in [0.25, 0.3) is 0 Å². The Kier molecular flexibility index (Phi) is 5.12. The fourth-order valence-electron chi connectivity index (χ4n) is 2.81. The van der Waals surface area contributed by atoms with Gasteiger partial charge in [-0.05, 0) is 38.4 Å². The van der Waals surface area contributed by atoms with Crippen LogP contribution in [-0.4, -0.2) is 21.3 Å². The first-order valence-electron chi connectivity index (χ1n) is 7.74. The van der Waals surface area contributed by atoms with Gasteiger partial charge in [-0.2, -0.15) is 5.10 Å². The highest BCUT2D eigenvalue weighted by molar-refractivity contribution is 5.29. The second-order valence-electron chi connectivity index (χ2n) is 5.53. The first kappa shape index (κ1) is 15.7. The van der Waals surface area contributed by atoms with Crippen LogP contribution in [0, 0.1) is 13.8 Å². The number of aromatic nitrogens is 3. The van der Waals surface area contributed by atoms with Crippen molar-refractivity contribution in [1.82, 2.24) is 20.1 Å². The van der Waals surface area contributed by atoms with Crippen molar-refractivity contribution in [2.75, 3.05) is 6.54 Å². The number of nitrogens with one attached hydrogen (secondary N) is 1. The zero-order chi connectivity index (χ0) is 15.4. The van der Waals surface area contributed by atoms with Gasteiger partial charge in [-0.25, -0.2) is 0 Å². The smallest absolute Gasteiger partial charge is 0.0644 e. The van der Waals surface area contributed by atoms with Crippen molar-refractivity contribution in [3.63, 3.8) is 0 Å². The molecule has 0 saturated carbocycles. The zero-order valence-electron chi connectivity index (χ0n) is 13.8. The third-order valence-electron chi connectivity index (χ3n) is 4.07. The second-order valence-corrected chi connectivity index (χ2v) is 5.53. The summed E-state index contributed by atoms with van der Waals surface area (Å²) in [6.07, 6.45) is 3.91. The Bertz CT molecular complexity index is 584. The van der Waals surface area contributed by atoms with Crippen molar-refractivity contribution in [2.45, 2.75) is 46.6 Å². The van der Waals surface area contributed by atoms with E-state index in [0.29, 0.717) is 0 Å². The van der Waals surface area contributed by atoms with E-state index >= 15 is 0 Å². The standard InChI is InChI=1S/C17H26N4/c1-6-14-8-9-15(19-11-14)10-16(18-7-2)17-12(3)20-21(5)13(17)4/h8-9,11,16,18H,6-7,10H2,1-5H3. The lowest BCUT2D eigenvalue weighted by Gasteiger charge is -2.18. The highest BCUT2D eigenvalue weighted by Gasteiger charge is 2.20. The lowest BCUT2D eigenvalue weighted by molar-refractivity contribution is 0.538. The minimum Gasteiger partial charge on any atom is -0.310 e. The minimum absolute atomic E-state index is 0.267. The Morgan fingerprint density at radius 3 is 2.48 bits per heavy atom. The van der Waals surface area contributed by atoms with Crippen molar-refractivity contribution in [1.29, 1.82) is 0 Å². The average Bonchev–Trinajstić information content (AvgIpc) is 2.72. The molecule has 0 saturated heterocycles. The predicted molar refractivity (Wildman–Crippen MR) is 86.4 cm³/mol. The molecular weight excluding hydrogens is 260 g/mol. The van der Waals surface area contributed by atoms with E-state index in [-0.39, 0.29) is 6.04 Å². The van der Waals surface area contributed by atoms with Crippen molar-refractivity contribution in [2.24, 2.45) is 7.05 Å². The van der Waals surface area contributed by atoms with Gasteiger partial charge in [-0.3, -0.25) is 9.67 Å². The van der Waals surface area contributed by atoms with Gasteiger partial charge in [-0.15, -0.1) is 0 Å². The molecule has 0 aliphatic heterocycles. The number of hydrogen-bond donors (Lipinski definition) is 1. The van der Waals surface area contributed by atoms with E-state index in [9.17, 15) is 0 Å². The Balaban J connectivity index is 2.26. The number of rotatable bonds is 6. The number of pyridine rings is 1. The molecule has 0 aliphatic rings. The predicted octanol–water partition coefficient (Wildman–Crippen LogP) is 2.89. The highest BCUT2D eigenvalue weighted by atomic mass is 15.3. The van der Waals surface area contributed by atoms with Crippen LogP contribution in [0.5, 0.6) is 0 Å². The number of hydrogen-bond acceptors (Lipinski definition) is 3. The lowest BCUT2D eigenvalue weighted by atomic mass is 9.99. The van der Waals surface area contributed by atoms with Crippen molar-refractivity contribution in [3.05, 3.63) is 46.5 Å². The van der Waals surface area contributed by atoms with Crippen LogP contribution in [0.3, 0.4) is 0 Å². The van der Waals surface area contributed by atoms with Gasteiger partial charge in [0.25, 0.3) is 0 Å². The molecule has 2 aromatic heterocycles.